The largest absolute Gasteiger partial charge is 0.396 e. The SMILES string of the molecule is OCC1CCN(c2ccc3nnc(Cl)n3n2)CC1. The van der Waals surface area contributed by atoms with Crippen LogP contribution in [0.2, 0.25) is 5.28 Å². The topological polar surface area (TPSA) is 66.5 Å². The molecule has 1 aliphatic heterocycles. The molecule has 1 saturated heterocycles. The Hall–Kier alpha value is -1.40. The van der Waals surface area contributed by atoms with Gasteiger partial charge in [-0.2, -0.15) is 4.52 Å². The molecular weight excluding hydrogens is 254 g/mol. The normalized spacial score (nSPS) is 17.6. The quantitative estimate of drug-likeness (QED) is 0.879. The number of hydrogen-bond acceptors (Lipinski definition) is 5. The maximum absolute atomic E-state index is 9.13. The zero-order valence-electron chi connectivity index (χ0n) is 9.83. The van der Waals surface area contributed by atoms with Gasteiger partial charge in [-0.05, 0) is 42.5 Å². The van der Waals surface area contributed by atoms with Crippen molar-refractivity contribution < 1.29 is 5.11 Å². The van der Waals surface area contributed by atoms with Gasteiger partial charge < -0.3 is 10.0 Å². The molecule has 0 bridgehead atoms. The molecule has 2 aromatic heterocycles. The van der Waals surface area contributed by atoms with Gasteiger partial charge in [-0.3, -0.25) is 0 Å². The summed E-state index contributed by atoms with van der Waals surface area (Å²) in [5.41, 5.74) is 0.647. The van der Waals surface area contributed by atoms with Gasteiger partial charge in [0.1, 0.15) is 5.82 Å². The molecule has 7 heteroatoms. The van der Waals surface area contributed by atoms with Crippen LogP contribution in [0.5, 0.6) is 0 Å². The van der Waals surface area contributed by atoms with Crippen LogP contribution in [-0.2, 0) is 0 Å². The Morgan fingerprint density at radius 2 is 2.06 bits per heavy atom. The van der Waals surface area contributed by atoms with E-state index in [1.807, 2.05) is 12.1 Å². The fourth-order valence-electron chi connectivity index (χ4n) is 2.27. The van der Waals surface area contributed by atoms with Crippen molar-refractivity contribution in [3.05, 3.63) is 17.4 Å². The highest BCUT2D eigenvalue weighted by Crippen LogP contribution is 2.22. The zero-order valence-corrected chi connectivity index (χ0v) is 10.6. The van der Waals surface area contributed by atoms with Crippen molar-refractivity contribution in [1.82, 2.24) is 19.8 Å². The lowest BCUT2D eigenvalue weighted by Gasteiger charge is -2.31. The number of rotatable bonds is 2. The monoisotopic (exact) mass is 267 g/mol. The van der Waals surface area contributed by atoms with Crippen LogP contribution < -0.4 is 4.90 Å². The third kappa shape index (κ3) is 2.02. The summed E-state index contributed by atoms with van der Waals surface area (Å²) in [6.45, 7) is 2.09. The summed E-state index contributed by atoms with van der Waals surface area (Å²) in [6, 6.07) is 3.79. The lowest BCUT2D eigenvalue weighted by molar-refractivity contribution is 0.202. The van der Waals surface area contributed by atoms with Gasteiger partial charge in [0.15, 0.2) is 5.65 Å². The molecule has 1 aliphatic rings. The second kappa shape index (κ2) is 4.70. The first-order valence-corrected chi connectivity index (χ1v) is 6.39. The Morgan fingerprint density at radius 1 is 1.28 bits per heavy atom. The Labute approximate surface area is 109 Å². The van der Waals surface area contributed by atoms with Crippen LogP contribution in [0.1, 0.15) is 12.8 Å². The van der Waals surface area contributed by atoms with Crippen LogP contribution in [0.3, 0.4) is 0 Å². The highest BCUT2D eigenvalue weighted by molar-refractivity contribution is 6.28. The lowest BCUT2D eigenvalue weighted by Crippen LogP contribution is -2.35. The van der Waals surface area contributed by atoms with Gasteiger partial charge in [0, 0.05) is 19.7 Å². The molecule has 0 atom stereocenters. The highest BCUT2D eigenvalue weighted by atomic mass is 35.5. The molecule has 0 amide bonds. The van der Waals surface area contributed by atoms with Crippen molar-refractivity contribution >= 4 is 23.1 Å². The minimum absolute atomic E-state index is 0.275. The molecule has 3 heterocycles. The van der Waals surface area contributed by atoms with Gasteiger partial charge in [-0.25, -0.2) is 0 Å². The number of halogens is 1. The fraction of sp³-hybridized carbons (Fsp3) is 0.545. The van der Waals surface area contributed by atoms with Crippen molar-refractivity contribution in [3.8, 4) is 0 Å². The Bertz CT molecular complexity index is 549. The van der Waals surface area contributed by atoms with Crippen LogP contribution in [0, 0.1) is 5.92 Å². The summed E-state index contributed by atoms with van der Waals surface area (Å²) >= 11 is 5.90. The molecule has 3 rings (SSSR count). The van der Waals surface area contributed by atoms with Crippen LogP contribution >= 0.6 is 11.6 Å². The van der Waals surface area contributed by atoms with E-state index in [0.717, 1.165) is 31.7 Å². The average Bonchev–Trinajstić information content (AvgIpc) is 2.80. The summed E-state index contributed by atoms with van der Waals surface area (Å²) in [7, 11) is 0. The standard InChI is InChI=1S/C11H14ClN5O/c12-11-14-13-9-1-2-10(15-17(9)11)16-5-3-8(7-18)4-6-16/h1-2,8,18H,3-7H2. The third-order valence-electron chi connectivity index (χ3n) is 3.41. The fourth-order valence-corrected chi connectivity index (χ4v) is 2.43. The Kier molecular flexibility index (Phi) is 3.05. The van der Waals surface area contributed by atoms with E-state index in [9.17, 15) is 0 Å². The van der Waals surface area contributed by atoms with E-state index in [-0.39, 0.29) is 11.9 Å². The summed E-state index contributed by atoms with van der Waals surface area (Å²) in [4.78, 5) is 2.20. The predicted molar refractivity (Wildman–Crippen MR) is 67.8 cm³/mol. The molecule has 0 radical (unpaired) electrons. The molecule has 0 aromatic carbocycles. The van der Waals surface area contributed by atoms with Gasteiger partial charge in [0.25, 0.3) is 0 Å². The summed E-state index contributed by atoms with van der Waals surface area (Å²) in [5.74, 6) is 1.30. The van der Waals surface area contributed by atoms with E-state index in [2.05, 4.69) is 20.2 Å². The minimum Gasteiger partial charge on any atom is -0.396 e. The minimum atomic E-state index is 0.275. The molecular formula is C11H14ClN5O. The van der Waals surface area contributed by atoms with Crippen molar-refractivity contribution in [2.45, 2.75) is 12.8 Å². The highest BCUT2D eigenvalue weighted by Gasteiger charge is 2.20. The van der Waals surface area contributed by atoms with Gasteiger partial charge >= 0.3 is 0 Å². The molecule has 0 saturated carbocycles. The molecule has 0 aliphatic carbocycles. The number of nitrogens with zero attached hydrogens (tertiary/aromatic N) is 5. The predicted octanol–water partition coefficient (Wildman–Crippen LogP) is 0.986. The van der Waals surface area contributed by atoms with Gasteiger partial charge in [0.2, 0.25) is 5.28 Å². The summed E-state index contributed by atoms with van der Waals surface area (Å²) in [5, 5.41) is 21.5. The maximum atomic E-state index is 9.13. The van der Waals surface area contributed by atoms with Crippen molar-refractivity contribution in [3.63, 3.8) is 0 Å². The van der Waals surface area contributed by atoms with E-state index in [1.165, 1.54) is 4.52 Å². The van der Waals surface area contributed by atoms with Crippen LogP contribution in [-0.4, -0.2) is 44.6 Å². The number of aliphatic hydroxyl groups excluding tert-OH is 1. The molecule has 0 unspecified atom stereocenters. The zero-order chi connectivity index (χ0) is 12.5. The number of hydrogen-bond donors (Lipinski definition) is 1. The molecule has 2 aromatic rings. The van der Waals surface area contributed by atoms with Crippen molar-refractivity contribution in [1.29, 1.82) is 0 Å². The molecule has 96 valence electrons. The van der Waals surface area contributed by atoms with Crippen LogP contribution in [0.25, 0.3) is 5.65 Å². The van der Waals surface area contributed by atoms with E-state index in [1.54, 1.807) is 0 Å². The molecule has 18 heavy (non-hydrogen) atoms. The van der Waals surface area contributed by atoms with Crippen molar-refractivity contribution in [2.75, 3.05) is 24.6 Å². The number of aromatic nitrogens is 4. The van der Waals surface area contributed by atoms with E-state index < -0.39 is 0 Å². The molecule has 1 fully saturated rings. The van der Waals surface area contributed by atoms with Crippen molar-refractivity contribution in [2.24, 2.45) is 5.92 Å². The first-order valence-electron chi connectivity index (χ1n) is 6.01. The van der Waals surface area contributed by atoms with E-state index in [4.69, 9.17) is 16.7 Å². The molecule has 0 spiro atoms. The first-order chi connectivity index (χ1) is 8.78. The third-order valence-corrected chi connectivity index (χ3v) is 3.64. The molecule has 1 N–H and O–H groups in total. The smallest absolute Gasteiger partial charge is 0.246 e. The summed E-state index contributed by atoms with van der Waals surface area (Å²) < 4.78 is 1.54. The van der Waals surface area contributed by atoms with Crippen LogP contribution in [0.4, 0.5) is 5.82 Å². The number of fused-ring (bicyclic) bond motifs is 1. The van der Waals surface area contributed by atoms with Gasteiger partial charge in [0.05, 0.1) is 0 Å². The second-order valence-corrected chi connectivity index (χ2v) is 4.88. The summed E-state index contributed by atoms with van der Waals surface area (Å²) in [6.07, 6.45) is 1.98. The Balaban J connectivity index is 1.84. The lowest BCUT2D eigenvalue weighted by atomic mass is 9.98. The second-order valence-electron chi connectivity index (χ2n) is 4.54. The van der Waals surface area contributed by atoms with E-state index in [0.29, 0.717) is 11.6 Å². The number of piperidine rings is 1. The van der Waals surface area contributed by atoms with Gasteiger partial charge in [-0.15, -0.1) is 15.3 Å². The number of aliphatic hydroxyl groups is 1. The molecule has 6 nitrogen and oxygen atoms in total. The Morgan fingerprint density at radius 3 is 2.78 bits per heavy atom. The first kappa shape index (κ1) is 11.7. The maximum Gasteiger partial charge on any atom is 0.246 e. The van der Waals surface area contributed by atoms with Gasteiger partial charge in [-0.1, -0.05) is 0 Å². The average molecular weight is 268 g/mol. The van der Waals surface area contributed by atoms with E-state index >= 15 is 0 Å². The number of anilines is 1. The van der Waals surface area contributed by atoms with Crippen LogP contribution in [0.15, 0.2) is 12.1 Å².